The van der Waals surface area contributed by atoms with Gasteiger partial charge in [-0.05, 0) is 18.1 Å². The lowest BCUT2D eigenvalue weighted by Crippen LogP contribution is -2.15. The van der Waals surface area contributed by atoms with Crippen LogP contribution in [-0.4, -0.2) is 4.98 Å². The van der Waals surface area contributed by atoms with E-state index in [-0.39, 0.29) is 17.5 Å². The summed E-state index contributed by atoms with van der Waals surface area (Å²) in [5.74, 6) is 0. The Morgan fingerprint density at radius 3 is 2.41 bits per heavy atom. The minimum Gasteiger partial charge on any atom is -0.251 e. The maximum atomic E-state index is 12.6. The summed E-state index contributed by atoms with van der Waals surface area (Å²) in [5.41, 5.74) is -2.89. The van der Waals surface area contributed by atoms with Crippen LogP contribution in [0.2, 0.25) is 0 Å². The van der Waals surface area contributed by atoms with Gasteiger partial charge in [-0.1, -0.05) is 0 Å². The van der Waals surface area contributed by atoms with E-state index in [9.17, 15) is 22.0 Å². The summed E-state index contributed by atoms with van der Waals surface area (Å²) < 4.78 is 62.6. The van der Waals surface area contributed by atoms with E-state index in [2.05, 4.69) is 4.98 Å². The molecule has 0 saturated heterocycles. The lowest BCUT2D eigenvalue weighted by molar-refractivity contribution is -0.143. The van der Waals surface area contributed by atoms with E-state index in [1.165, 1.54) is 0 Å². The monoisotopic (exact) mass is 250 g/mol. The second-order valence-corrected chi connectivity index (χ2v) is 3.30. The van der Waals surface area contributed by atoms with Gasteiger partial charge in [0.1, 0.15) is 0 Å². The minimum atomic E-state index is -4.93. The highest BCUT2D eigenvalue weighted by Gasteiger charge is 2.38. The Bertz CT molecular complexity index is 459. The van der Waals surface area contributed by atoms with Crippen LogP contribution < -0.4 is 0 Å². The molecule has 2 nitrogen and oxygen atoms in total. The summed E-state index contributed by atoms with van der Waals surface area (Å²) in [7, 11) is 0. The summed E-state index contributed by atoms with van der Waals surface area (Å²) in [6, 6.07) is 1.68. The molecule has 0 aliphatic heterocycles. The van der Waals surface area contributed by atoms with Crippen molar-refractivity contribution in [1.29, 1.82) is 5.26 Å². The number of hydrogen-bond donors (Lipinski definition) is 0. The molecule has 0 aliphatic carbocycles. The zero-order chi connectivity index (χ0) is 13.2. The number of nitrogens with zero attached hydrogens (tertiary/aromatic N) is 2. The van der Waals surface area contributed by atoms with Gasteiger partial charge in [0.2, 0.25) is 0 Å². The van der Waals surface area contributed by atoms with Gasteiger partial charge in [0, 0.05) is 6.20 Å². The second kappa shape index (κ2) is 4.65. The zero-order valence-electron chi connectivity index (χ0n) is 8.65. The number of nitriles is 1. The van der Waals surface area contributed by atoms with E-state index in [4.69, 9.17) is 5.26 Å². The van der Waals surface area contributed by atoms with Gasteiger partial charge in [-0.3, -0.25) is 4.98 Å². The Balaban J connectivity index is 3.46. The largest absolute Gasteiger partial charge is 0.433 e. The van der Waals surface area contributed by atoms with Gasteiger partial charge >= 0.3 is 6.18 Å². The molecule has 1 aromatic heterocycles. The molecular formula is C10H7F5N2. The minimum absolute atomic E-state index is 0.0794. The van der Waals surface area contributed by atoms with Crippen molar-refractivity contribution < 1.29 is 22.0 Å². The first-order valence-electron chi connectivity index (χ1n) is 4.49. The topological polar surface area (TPSA) is 36.7 Å². The number of hydrogen-bond acceptors (Lipinski definition) is 2. The predicted octanol–water partition coefficient (Wildman–Crippen LogP) is 3.41. The van der Waals surface area contributed by atoms with Gasteiger partial charge in [-0.25, -0.2) is 8.78 Å². The third-order valence-electron chi connectivity index (χ3n) is 2.25. The van der Waals surface area contributed by atoms with Crippen molar-refractivity contribution in [2.24, 2.45) is 0 Å². The van der Waals surface area contributed by atoms with E-state index in [1.54, 1.807) is 6.07 Å². The fraction of sp³-hybridized carbons (Fsp3) is 0.400. The van der Waals surface area contributed by atoms with Crippen molar-refractivity contribution in [2.45, 2.75) is 25.9 Å². The van der Waals surface area contributed by atoms with Crippen molar-refractivity contribution in [2.75, 3.05) is 0 Å². The number of pyridine rings is 1. The first-order valence-corrected chi connectivity index (χ1v) is 4.49. The van der Waals surface area contributed by atoms with Gasteiger partial charge in [0.15, 0.2) is 5.69 Å². The van der Waals surface area contributed by atoms with E-state index < -0.39 is 23.9 Å². The second-order valence-electron chi connectivity index (χ2n) is 3.30. The summed E-state index contributed by atoms with van der Waals surface area (Å²) in [6.45, 7) is 1.13. The number of rotatable bonds is 2. The molecule has 0 aromatic carbocycles. The maximum Gasteiger partial charge on any atom is 0.433 e. The molecular weight excluding hydrogens is 243 g/mol. The molecule has 0 fully saturated rings. The molecule has 1 aromatic rings. The van der Waals surface area contributed by atoms with E-state index in [0.717, 1.165) is 13.1 Å². The van der Waals surface area contributed by atoms with Crippen LogP contribution in [0.15, 0.2) is 6.20 Å². The predicted molar refractivity (Wildman–Crippen MR) is 48.3 cm³/mol. The Labute approximate surface area is 93.7 Å². The SMILES string of the molecule is Cc1c(CC#N)cnc(C(F)(F)F)c1C(F)F. The van der Waals surface area contributed by atoms with E-state index >= 15 is 0 Å². The quantitative estimate of drug-likeness (QED) is 0.754. The van der Waals surface area contributed by atoms with Crippen LogP contribution in [0, 0.1) is 18.3 Å². The van der Waals surface area contributed by atoms with Crippen LogP contribution in [0.3, 0.4) is 0 Å². The average Bonchev–Trinajstić information content (AvgIpc) is 2.18. The number of alkyl halides is 5. The number of aromatic nitrogens is 1. The van der Waals surface area contributed by atoms with Crippen LogP contribution in [0.25, 0.3) is 0 Å². The average molecular weight is 250 g/mol. The molecule has 0 atom stereocenters. The maximum absolute atomic E-state index is 12.6. The molecule has 0 aliphatic rings. The Morgan fingerprint density at radius 1 is 1.41 bits per heavy atom. The van der Waals surface area contributed by atoms with Crippen molar-refractivity contribution in [3.8, 4) is 6.07 Å². The van der Waals surface area contributed by atoms with Crippen molar-refractivity contribution in [3.63, 3.8) is 0 Å². The van der Waals surface area contributed by atoms with Gasteiger partial charge < -0.3 is 0 Å². The van der Waals surface area contributed by atoms with E-state index in [1.807, 2.05) is 0 Å². The molecule has 0 bridgehead atoms. The highest BCUT2D eigenvalue weighted by Crippen LogP contribution is 2.37. The molecule has 0 saturated carbocycles. The fourth-order valence-electron chi connectivity index (χ4n) is 1.42. The summed E-state index contributed by atoms with van der Waals surface area (Å²) in [6.07, 6.45) is -7.65. The molecule has 1 heterocycles. The van der Waals surface area contributed by atoms with E-state index in [0.29, 0.717) is 0 Å². The molecule has 17 heavy (non-hydrogen) atoms. The van der Waals surface area contributed by atoms with Crippen LogP contribution in [0.1, 0.15) is 28.8 Å². The molecule has 0 unspecified atom stereocenters. The van der Waals surface area contributed by atoms with Crippen LogP contribution in [-0.2, 0) is 12.6 Å². The molecule has 0 radical (unpaired) electrons. The standard InChI is InChI=1S/C10H7F5N2/c1-5-6(2-3-16)4-17-8(10(13,14)15)7(5)9(11)12/h4,9H,2H2,1H3. The Kier molecular flexibility index (Phi) is 3.66. The van der Waals surface area contributed by atoms with Gasteiger partial charge in [-0.15, -0.1) is 0 Å². The van der Waals surface area contributed by atoms with Crippen molar-refractivity contribution in [1.82, 2.24) is 4.98 Å². The normalized spacial score (nSPS) is 11.6. The van der Waals surface area contributed by atoms with Gasteiger partial charge in [-0.2, -0.15) is 18.4 Å². The lowest BCUT2D eigenvalue weighted by atomic mass is 10.0. The molecule has 1 rings (SSSR count). The van der Waals surface area contributed by atoms with Crippen molar-refractivity contribution >= 4 is 0 Å². The fourth-order valence-corrected chi connectivity index (χ4v) is 1.42. The molecule has 7 heteroatoms. The molecule has 0 amide bonds. The molecule has 0 N–H and O–H groups in total. The highest BCUT2D eigenvalue weighted by molar-refractivity contribution is 5.38. The van der Waals surface area contributed by atoms with Crippen LogP contribution >= 0.6 is 0 Å². The van der Waals surface area contributed by atoms with Crippen molar-refractivity contribution in [3.05, 3.63) is 28.6 Å². The third-order valence-corrected chi connectivity index (χ3v) is 2.25. The lowest BCUT2D eigenvalue weighted by Gasteiger charge is -2.15. The Hall–Kier alpha value is -1.71. The molecule has 0 spiro atoms. The summed E-state index contributed by atoms with van der Waals surface area (Å²) in [4.78, 5) is 2.99. The van der Waals surface area contributed by atoms with Crippen LogP contribution in [0.5, 0.6) is 0 Å². The summed E-state index contributed by atoms with van der Waals surface area (Å²) >= 11 is 0. The highest BCUT2D eigenvalue weighted by atomic mass is 19.4. The molecule has 92 valence electrons. The summed E-state index contributed by atoms with van der Waals surface area (Å²) in [5, 5.41) is 8.42. The first kappa shape index (κ1) is 13.4. The van der Waals surface area contributed by atoms with Crippen LogP contribution in [0.4, 0.5) is 22.0 Å². The smallest absolute Gasteiger partial charge is 0.251 e. The van der Waals surface area contributed by atoms with Gasteiger partial charge in [0.05, 0.1) is 18.1 Å². The number of halogens is 5. The Morgan fingerprint density at radius 2 is 2.00 bits per heavy atom. The van der Waals surface area contributed by atoms with Gasteiger partial charge in [0.25, 0.3) is 6.43 Å². The third kappa shape index (κ3) is 2.70. The zero-order valence-corrected chi connectivity index (χ0v) is 8.65. The first-order chi connectivity index (χ1) is 7.79.